The number of carbonyl (C=O) groups excluding carboxylic acids is 3. The van der Waals surface area contributed by atoms with Gasteiger partial charge in [0.2, 0.25) is 5.91 Å². The Balaban J connectivity index is 1.97. The number of esters is 1. The Morgan fingerprint density at radius 3 is 2.72 bits per heavy atom. The molecule has 1 atom stereocenters. The lowest BCUT2D eigenvalue weighted by Crippen LogP contribution is -2.45. The van der Waals surface area contributed by atoms with Crippen LogP contribution in [0, 0.1) is 6.92 Å². The number of furan rings is 1. The second-order valence-corrected chi connectivity index (χ2v) is 6.49. The van der Waals surface area contributed by atoms with Gasteiger partial charge in [0, 0.05) is 7.05 Å². The molecule has 2 heterocycles. The van der Waals surface area contributed by atoms with Gasteiger partial charge in [-0.15, -0.1) is 11.3 Å². The molecule has 0 radical (unpaired) electrons. The Kier molecular flexibility index (Phi) is 5.97. The zero-order valence-electron chi connectivity index (χ0n) is 14.5. The molecule has 2 rings (SSSR count). The standard InChI is InChI=1S/C17H20N2O5S/c1-10(18-15(20)14-6-5-7-25-14)16(21)19(3)9-12-8-13(11(2)24-12)17(22)23-4/h5-8,10H,9H2,1-4H3,(H,18,20). The van der Waals surface area contributed by atoms with Gasteiger partial charge < -0.3 is 19.4 Å². The van der Waals surface area contributed by atoms with E-state index in [9.17, 15) is 14.4 Å². The summed E-state index contributed by atoms with van der Waals surface area (Å²) >= 11 is 1.31. The maximum atomic E-state index is 12.4. The average Bonchev–Trinajstić information content (AvgIpc) is 3.23. The highest BCUT2D eigenvalue weighted by atomic mass is 32.1. The van der Waals surface area contributed by atoms with Crippen molar-refractivity contribution in [3.8, 4) is 0 Å². The van der Waals surface area contributed by atoms with E-state index in [-0.39, 0.29) is 18.4 Å². The molecule has 0 spiro atoms. The molecule has 0 bridgehead atoms. The van der Waals surface area contributed by atoms with Crippen LogP contribution in [0.25, 0.3) is 0 Å². The number of hydrogen-bond donors (Lipinski definition) is 1. The van der Waals surface area contributed by atoms with Crippen molar-refractivity contribution in [1.82, 2.24) is 10.2 Å². The van der Waals surface area contributed by atoms with Crippen LogP contribution in [-0.2, 0) is 16.1 Å². The Morgan fingerprint density at radius 1 is 1.40 bits per heavy atom. The van der Waals surface area contributed by atoms with E-state index in [1.54, 1.807) is 44.5 Å². The highest BCUT2D eigenvalue weighted by Gasteiger charge is 2.22. The number of hydrogen-bond acceptors (Lipinski definition) is 6. The molecule has 0 aliphatic rings. The first kappa shape index (κ1) is 18.7. The lowest BCUT2D eigenvalue weighted by atomic mass is 10.2. The number of amides is 2. The van der Waals surface area contributed by atoms with Gasteiger partial charge in [0.05, 0.1) is 18.5 Å². The predicted octanol–water partition coefficient (Wildman–Crippen LogP) is 2.21. The van der Waals surface area contributed by atoms with Crippen LogP contribution >= 0.6 is 11.3 Å². The molecule has 8 heteroatoms. The largest absolute Gasteiger partial charge is 0.465 e. The zero-order valence-corrected chi connectivity index (χ0v) is 15.3. The van der Waals surface area contributed by atoms with Gasteiger partial charge in [-0.25, -0.2) is 4.79 Å². The maximum Gasteiger partial charge on any atom is 0.341 e. The van der Waals surface area contributed by atoms with Crippen LogP contribution in [0.15, 0.2) is 28.0 Å². The summed E-state index contributed by atoms with van der Waals surface area (Å²) in [6, 6.07) is 4.34. The third-order valence-corrected chi connectivity index (χ3v) is 4.47. The van der Waals surface area contributed by atoms with Gasteiger partial charge >= 0.3 is 5.97 Å². The summed E-state index contributed by atoms with van der Waals surface area (Å²) in [4.78, 5) is 38.0. The van der Waals surface area contributed by atoms with E-state index in [1.165, 1.54) is 23.3 Å². The van der Waals surface area contributed by atoms with Crippen molar-refractivity contribution < 1.29 is 23.5 Å². The number of nitrogens with one attached hydrogen (secondary N) is 1. The molecule has 0 aliphatic heterocycles. The maximum absolute atomic E-state index is 12.4. The molecule has 25 heavy (non-hydrogen) atoms. The fourth-order valence-corrected chi connectivity index (χ4v) is 2.94. The molecule has 0 saturated carbocycles. The normalized spacial score (nSPS) is 11.7. The molecule has 2 aromatic heterocycles. The highest BCUT2D eigenvalue weighted by molar-refractivity contribution is 7.12. The van der Waals surface area contributed by atoms with Crippen molar-refractivity contribution in [3.05, 3.63) is 45.5 Å². The van der Waals surface area contributed by atoms with E-state index in [1.807, 2.05) is 0 Å². The van der Waals surface area contributed by atoms with Crippen molar-refractivity contribution in [3.63, 3.8) is 0 Å². The molecule has 0 aromatic carbocycles. The van der Waals surface area contributed by atoms with Crippen LogP contribution in [0.4, 0.5) is 0 Å². The number of nitrogens with zero attached hydrogens (tertiary/aromatic N) is 1. The van der Waals surface area contributed by atoms with Gasteiger partial charge in [-0.3, -0.25) is 9.59 Å². The number of rotatable bonds is 6. The number of methoxy groups -OCH3 is 1. The van der Waals surface area contributed by atoms with Gasteiger partial charge in [0.15, 0.2) is 0 Å². The zero-order chi connectivity index (χ0) is 18.6. The molecular formula is C17H20N2O5S. The Morgan fingerprint density at radius 2 is 2.12 bits per heavy atom. The second-order valence-electron chi connectivity index (χ2n) is 5.54. The molecule has 134 valence electrons. The monoisotopic (exact) mass is 364 g/mol. The van der Waals surface area contributed by atoms with E-state index in [0.717, 1.165) is 0 Å². The van der Waals surface area contributed by atoms with Crippen molar-refractivity contribution in [2.24, 2.45) is 0 Å². The third-order valence-electron chi connectivity index (χ3n) is 3.61. The molecule has 7 nitrogen and oxygen atoms in total. The molecule has 2 aromatic rings. The van der Waals surface area contributed by atoms with E-state index >= 15 is 0 Å². The molecule has 0 saturated heterocycles. The fourth-order valence-electron chi connectivity index (χ4n) is 2.31. The average molecular weight is 364 g/mol. The minimum Gasteiger partial charge on any atom is -0.465 e. The molecule has 0 fully saturated rings. The quantitative estimate of drug-likeness (QED) is 0.794. The fraction of sp³-hybridized carbons (Fsp3) is 0.353. The van der Waals surface area contributed by atoms with Crippen LogP contribution in [-0.4, -0.2) is 42.9 Å². The summed E-state index contributed by atoms with van der Waals surface area (Å²) < 4.78 is 10.2. The van der Waals surface area contributed by atoms with Crippen LogP contribution in [0.2, 0.25) is 0 Å². The van der Waals surface area contributed by atoms with Crippen LogP contribution in [0.3, 0.4) is 0 Å². The number of aryl methyl sites for hydroxylation is 1. The predicted molar refractivity (Wildman–Crippen MR) is 92.5 cm³/mol. The minimum atomic E-state index is -0.685. The molecule has 1 unspecified atom stereocenters. The second kappa shape index (κ2) is 7.98. The summed E-state index contributed by atoms with van der Waals surface area (Å²) in [5.41, 5.74) is 0.331. The van der Waals surface area contributed by atoms with Gasteiger partial charge in [-0.2, -0.15) is 0 Å². The minimum absolute atomic E-state index is 0.176. The Bertz CT molecular complexity index is 766. The summed E-state index contributed by atoms with van der Waals surface area (Å²) in [6.07, 6.45) is 0. The van der Waals surface area contributed by atoms with Gasteiger partial charge in [-0.05, 0) is 31.4 Å². The smallest absolute Gasteiger partial charge is 0.341 e. The van der Waals surface area contributed by atoms with Gasteiger partial charge in [-0.1, -0.05) is 6.07 Å². The SMILES string of the molecule is COC(=O)c1cc(CN(C)C(=O)C(C)NC(=O)c2cccs2)oc1C. The van der Waals surface area contributed by atoms with E-state index in [4.69, 9.17) is 4.42 Å². The van der Waals surface area contributed by atoms with Gasteiger partial charge in [0.25, 0.3) is 5.91 Å². The molecule has 0 aliphatic carbocycles. The highest BCUT2D eigenvalue weighted by Crippen LogP contribution is 2.17. The lowest BCUT2D eigenvalue weighted by molar-refractivity contribution is -0.132. The first-order valence-corrected chi connectivity index (χ1v) is 8.48. The number of ether oxygens (including phenoxy) is 1. The summed E-state index contributed by atoms with van der Waals surface area (Å²) in [6.45, 7) is 3.45. The van der Waals surface area contributed by atoms with E-state index < -0.39 is 12.0 Å². The van der Waals surface area contributed by atoms with E-state index in [2.05, 4.69) is 10.1 Å². The molecular weight excluding hydrogens is 344 g/mol. The first-order valence-electron chi connectivity index (χ1n) is 7.60. The number of likely N-dealkylation sites (N-methyl/N-ethyl adjacent to an activating group) is 1. The van der Waals surface area contributed by atoms with Crippen LogP contribution in [0.5, 0.6) is 0 Å². The van der Waals surface area contributed by atoms with Crippen molar-refractivity contribution in [2.75, 3.05) is 14.2 Å². The van der Waals surface area contributed by atoms with Crippen molar-refractivity contribution in [1.29, 1.82) is 0 Å². The Labute approximate surface area is 149 Å². The summed E-state index contributed by atoms with van der Waals surface area (Å²) in [5.74, 6) is -0.144. The Hall–Kier alpha value is -2.61. The molecule has 2 amide bonds. The van der Waals surface area contributed by atoms with Gasteiger partial charge in [0.1, 0.15) is 23.1 Å². The van der Waals surface area contributed by atoms with Crippen LogP contribution < -0.4 is 5.32 Å². The first-order chi connectivity index (χ1) is 11.8. The topological polar surface area (TPSA) is 88.9 Å². The number of thiophene rings is 1. The third kappa shape index (κ3) is 4.48. The van der Waals surface area contributed by atoms with Crippen molar-refractivity contribution >= 4 is 29.1 Å². The number of carbonyl (C=O) groups is 3. The lowest BCUT2D eigenvalue weighted by Gasteiger charge is -2.21. The summed E-state index contributed by atoms with van der Waals surface area (Å²) in [5, 5.41) is 4.47. The van der Waals surface area contributed by atoms with E-state index in [0.29, 0.717) is 22.0 Å². The van der Waals surface area contributed by atoms with Crippen molar-refractivity contribution in [2.45, 2.75) is 26.4 Å². The van der Waals surface area contributed by atoms with Crippen LogP contribution in [0.1, 0.15) is 38.5 Å². The molecule has 1 N–H and O–H groups in total. The summed E-state index contributed by atoms with van der Waals surface area (Å²) in [7, 11) is 2.90.